The minimum Gasteiger partial charge on any atom is -0.495 e. The van der Waals surface area contributed by atoms with Crippen molar-refractivity contribution in [1.82, 2.24) is 0 Å². The third-order valence-corrected chi connectivity index (χ3v) is 3.06. The van der Waals surface area contributed by atoms with Crippen LogP contribution in [0.2, 0.25) is 0 Å². The van der Waals surface area contributed by atoms with E-state index in [4.69, 9.17) is 9.15 Å². The van der Waals surface area contributed by atoms with Crippen molar-refractivity contribution in [3.8, 4) is 11.8 Å². The summed E-state index contributed by atoms with van der Waals surface area (Å²) in [5, 5.41) is 11.9. The van der Waals surface area contributed by atoms with Gasteiger partial charge in [-0.3, -0.25) is 4.79 Å². The highest BCUT2D eigenvalue weighted by Gasteiger charge is 2.13. The number of carbonyl (C=O) groups is 1. The number of methoxy groups -OCH3 is 1. The molecule has 1 amide bonds. The van der Waals surface area contributed by atoms with Crippen molar-refractivity contribution in [2.75, 3.05) is 31.4 Å². The first-order chi connectivity index (χ1) is 11.0. The Kier molecular flexibility index (Phi) is 5.05. The zero-order valence-corrected chi connectivity index (χ0v) is 13.2. The molecular formula is C17H17N3O3. The largest absolute Gasteiger partial charge is 0.495 e. The summed E-state index contributed by atoms with van der Waals surface area (Å²) in [4.78, 5) is 14.0. The molecule has 118 valence electrons. The predicted molar refractivity (Wildman–Crippen MR) is 88.2 cm³/mol. The first-order valence-corrected chi connectivity index (χ1v) is 6.88. The van der Waals surface area contributed by atoms with Crippen LogP contribution in [0, 0.1) is 11.3 Å². The Balaban J connectivity index is 2.21. The highest BCUT2D eigenvalue weighted by atomic mass is 16.5. The van der Waals surface area contributed by atoms with Crippen molar-refractivity contribution < 1.29 is 13.9 Å². The van der Waals surface area contributed by atoms with Crippen LogP contribution in [-0.4, -0.2) is 27.1 Å². The molecule has 0 radical (unpaired) electrons. The molecule has 1 aromatic heterocycles. The van der Waals surface area contributed by atoms with Gasteiger partial charge >= 0.3 is 0 Å². The summed E-state index contributed by atoms with van der Waals surface area (Å²) in [6.45, 7) is 0. The van der Waals surface area contributed by atoms with E-state index in [2.05, 4.69) is 5.32 Å². The van der Waals surface area contributed by atoms with Gasteiger partial charge in [-0.05, 0) is 18.2 Å². The lowest BCUT2D eigenvalue weighted by atomic mass is 10.2. The zero-order chi connectivity index (χ0) is 16.8. The summed E-state index contributed by atoms with van der Waals surface area (Å²) in [5.74, 6) is 1.06. The number of ether oxygens (including phenoxy) is 1. The van der Waals surface area contributed by atoms with Crippen LogP contribution in [-0.2, 0) is 4.79 Å². The number of rotatable bonds is 5. The SMILES string of the molecule is COc1ccccc1NC(=O)C(C#N)=Cc1ccc(N(C)C)o1. The number of para-hydroxylation sites is 2. The molecule has 0 aliphatic rings. The first kappa shape index (κ1) is 16.2. The average molecular weight is 311 g/mol. The molecule has 0 saturated carbocycles. The lowest BCUT2D eigenvalue weighted by Crippen LogP contribution is -2.14. The van der Waals surface area contributed by atoms with Crippen LogP contribution in [0.4, 0.5) is 11.6 Å². The van der Waals surface area contributed by atoms with Crippen molar-refractivity contribution in [3.05, 3.63) is 47.7 Å². The monoisotopic (exact) mass is 311 g/mol. The molecule has 0 fully saturated rings. The van der Waals surface area contributed by atoms with Gasteiger partial charge in [0.25, 0.3) is 5.91 Å². The number of nitrogens with zero attached hydrogens (tertiary/aromatic N) is 2. The number of hydrogen-bond donors (Lipinski definition) is 1. The maximum absolute atomic E-state index is 12.2. The summed E-state index contributed by atoms with van der Waals surface area (Å²) >= 11 is 0. The van der Waals surface area contributed by atoms with Gasteiger partial charge in [-0.2, -0.15) is 5.26 Å². The van der Waals surface area contributed by atoms with Gasteiger partial charge in [0, 0.05) is 26.2 Å². The number of carbonyl (C=O) groups excluding carboxylic acids is 1. The van der Waals surface area contributed by atoms with E-state index >= 15 is 0 Å². The van der Waals surface area contributed by atoms with Gasteiger partial charge in [0.2, 0.25) is 0 Å². The summed E-state index contributed by atoms with van der Waals surface area (Å²) in [5.41, 5.74) is 0.435. The topological polar surface area (TPSA) is 78.5 Å². The van der Waals surface area contributed by atoms with Crippen LogP contribution < -0.4 is 15.0 Å². The fourth-order valence-electron chi connectivity index (χ4n) is 1.89. The molecule has 2 rings (SSSR count). The van der Waals surface area contributed by atoms with E-state index in [1.807, 2.05) is 20.2 Å². The van der Waals surface area contributed by atoms with Gasteiger partial charge in [-0.1, -0.05) is 12.1 Å². The molecule has 0 atom stereocenters. The number of anilines is 2. The van der Waals surface area contributed by atoms with Crippen LogP contribution >= 0.6 is 0 Å². The van der Waals surface area contributed by atoms with Gasteiger partial charge in [0.1, 0.15) is 23.2 Å². The van der Waals surface area contributed by atoms with Crippen molar-refractivity contribution in [2.24, 2.45) is 0 Å². The van der Waals surface area contributed by atoms with E-state index in [0.717, 1.165) is 0 Å². The second-order valence-electron chi connectivity index (χ2n) is 4.89. The van der Waals surface area contributed by atoms with E-state index in [1.54, 1.807) is 41.3 Å². The summed E-state index contributed by atoms with van der Waals surface area (Å²) in [6, 6.07) is 12.3. The van der Waals surface area contributed by atoms with Crippen LogP contribution in [0.3, 0.4) is 0 Å². The Labute approximate surface area is 134 Å². The van der Waals surface area contributed by atoms with Crippen molar-refractivity contribution in [2.45, 2.75) is 0 Å². The van der Waals surface area contributed by atoms with Crippen LogP contribution in [0.1, 0.15) is 5.76 Å². The fraction of sp³-hybridized carbons (Fsp3) is 0.176. The van der Waals surface area contributed by atoms with Crippen molar-refractivity contribution in [3.63, 3.8) is 0 Å². The molecule has 0 unspecified atom stereocenters. The highest BCUT2D eigenvalue weighted by Crippen LogP contribution is 2.24. The number of amides is 1. The second-order valence-corrected chi connectivity index (χ2v) is 4.89. The summed E-state index contributed by atoms with van der Waals surface area (Å²) in [7, 11) is 5.19. The molecule has 1 heterocycles. The lowest BCUT2D eigenvalue weighted by molar-refractivity contribution is -0.112. The fourth-order valence-corrected chi connectivity index (χ4v) is 1.89. The Morgan fingerprint density at radius 2 is 2.04 bits per heavy atom. The van der Waals surface area contributed by atoms with Gasteiger partial charge in [-0.15, -0.1) is 0 Å². The Bertz CT molecular complexity index is 769. The summed E-state index contributed by atoms with van der Waals surface area (Å²) < 4.78 is 10.7. The standard InChI is InChI=1S/C17H17N3O3/c1-20(2)16-9-8-13(23-16)10-12(11-18)17(21)19-14-6-4-5-7-15(14)22-3/h4-10H,1-3H3,(H,19,21). The third-order valence-electron chi connectivity index (χ3n) is 3.06. The molecule has 2 aromatic rings. The van der Waals surface area contributed by atoms with E-state index in [9.17, 15) is 10.1 Å². The van der Waals surface area contributed by atoms with Gasteiger partial charge in [-0.25, -0.2) is 0 Å². The first-order valence-electron chi connectivity index (χ1n) is 6.88. The van der Waals surface area contributed by atoms with E-state index in [0.29, 0.717) is 23.1 Å². The average Bonchev–Trinajstić information content (AvgIpc) is 3.02. The number of nitrogens with one attached hydrogen (secondary N) is 1. The molecule has 6 nitrogen and oxygen atoms in total. The van der Waals surface area contributed by atoms with E-state index < -0.39 is 5.91 Å². The molecule has 6 heteroatoms. The maximum atomic E-state index is 12.2. The van der Waals surface area contributed by atoms with Crippen molar-refractivity contribution >= 4 is 23.6 Å². The molecular weight excluding hydrogens is 294 g/mol. The molecule has 0 saturated heterocycles. The molecule has 0 bridgehead atoms. The van der Waals surface area contributed by atoms with E-state index in [-0.39, 0.29) is 5.57 Å². The van der Waals surface area contributed by atoms with Gasteiger partial charge in [0.05, 0.1) is 12.8 Å². The molecule has 0 aliphatic carbocycles. The minimum atomic E-state index is -0.528. The lowest BCUT2D eigenvalue weighted by Gasteiger charge is -2.09. The van der Waals surface area contributed by atoms with Crippen molar-refractivity contribution in [1.29, 1.82) is 5.26 Å². The van der Waals surface area contributed by atoms with Crippen LogP contribution in [0.5, 0.6) is 5.75 Å². The molecule has 1 N–H and O–H groups in total. The molecule has 1 aromatic carbocycles. The maximum Gasteiger partial charge on any atom is 0.266 e. The number of furan rings is 1. The zero-order valence-electron chi connectivity index (χ0n) is 13.2. The Hall–Kier alpha value is -3.20. The number of hydrogen-bond acceptors (Lipinski definition) is 5. The van der Waals surface area contributed by atoms with Crippen LogP contribution in [0.25, 0.3) is 6.08 Å². The van der Waals surface area contributed by atoms with Crippen LogP contribution in [0.15, 0.2) is 46.4 Å². The smallest absolute Gasteiger partial charge is 0.266 e. The Morgan fingerprint density at radius 1 is 1.30 bits per heavy atom. The normalized spacial score (nSPS) is 10.8. The summed E-state index contributed by atoms with van der Waals surface area (Å²) in [6.07, 6.45) is 1.40. The third kappa shape index (κ3) is 3.92. The molecule has 0 spiro atoms. The quantitative estimate of drug-likeness (QED) is 0.678. The highest BCUT2D eigenvalue weighted by molar-refractivity contribution is 6.10. The Morgan fingerprint density at radius 3 is 2.65 bits per heavy atom. The minimum absolute atomic E-state index is 0.0597. The van der Waals surface area contributed by atoms with E-state index in [1.165, 1.54) is 13.2 Å². The molecule has 0 aliphatic heterocycles. The van der Waals surface area contributed by atoms with Gasteiger partial charge in [0.15, 0.2) is 5.88 Å². The number of nitriles is 1. The predicted octanol–water partition coefficient (Wildman–Crippen LogP) is 2.90. The second kappa shape index (κ2) is 7.18. The number of benzene rings is 1. The molecule has 23 heavy (non-hydrogen) atoms. The van der Waals surface area contributed by atoms with Gasteiger partial charge < -0.3 is 19.4 Å².